The van der Waals surface area contributed by atoms with E-state index in [9.17, 15) is 14.0 Å². The first-order valence-electron chi connectivity index (χ1n) is 6.91. The first-order chi connectivity index (χ1) is 11.9. The third-order valence-electron chi connectivity index (χ3n) is 2.96. The van der Waals surface area contributed by atoms with Gasteiger partial charge < -0.3 is 9.47 Å². The maximum absolute atomic E-state index is 12.8. The Labute approximate surface area is 152 Å². The summed E-state index contributed by atoms with van der Waals surface area (Å²) in [4.78, 5) is 23.7. The third-order valence-corrected chi connectivity index (χ3v) is 3.53. The lowest BCUT2D eigenvalue weighted by atomic mass is 10.2. The number of nitrogens with one attached hydrogen (secondary N) is 2. The van der Waals surface area contributed by atoms with E-state index in [2.05, 4.69) is 10.9 Å². The molecular weight excluding hydrogens is 374 g/mol. The summed E-state index contributed by atoms with van der Waals surface area (Å²) in [6.45, 7) is -0.365. The van der Waals surface area contributed by atoms with E-state index in [0.29, 0.717) is 5.75 Å². The van der Waals surface area contributed by atoms with Crippen molar-refractivity contribution in [3.8, 4) is 11.5 Å². The van der Waals surface area contributed by atoms with Crippen molar-refractivity contribution in [1.29, 1.82) is 0 Å². The molecular formula is C16H13Cl2FN2O4. The minimum atomic E-state index is -0.624. The zero-order valence-electron chi connectivity index (χ0n) is 12.9. The van der Waals surface area contributed by atoms with Crippen molar-refractivity contribution in [2.45, 2.75) is 0 Å². The second-order valence-corrected chi connectivity index (χ2v) is 5.53. The fourth-order valence-electron chi connectivity index (χ4n) is 1.80. The van der Waals surface area contributed by atoms with Crippen LogP contribution < -0.4 is 20.3 Å². The van der Waals surface area contributed by atoms with E-state index in [1.165, 1.54) is 43.5 Å². The second kappa shape index (κ2) is 8.55. The molecule has 9 heteroatoms. The lowest BCUT2D eigenvalue weighted by Gasteiger charge is -2.11. The number of rotatable bonds is 5. The Hall–Kier alpha value is -2.51. The Morgan fingerprint density at radius 1 is 1.08 bits per heavy atom. The topological polar surface area (TPSA) is 76.7 Å². The summed E-state index contributed by atoms with van der Waals surface area (Å²) in [6, 6.07) is 7.86. The molecule has 0 spiro atoms. The van der Waals surface area contributed by atoms with Crippen LogP contribution in [0.1, 0.15) is 10.4 Å². The van der Waals surface area contributed by atoms with Crippen molar-refractivity contribution >= 4 is 35.0 Å². The summed E-state index contributed by atoms with van der Waals surface area (Å²) < 4.78 is 22.9. The lowest BCUT2D eigenvalue weighted by Crippen LogP contribution is -2.43. The van der Waals surface area contributed by atoms with E-state index in [-0.39, 0.29) is 28.0 Å². The predicted octanol–water partition coefficient (Wildman–Crippen LogP) is 2.98. The standard InChI is InChI=1S/C16H13Cl2FN2O4/c1-24-15-12(17)6-9(7-13(15)18)16(23)21-20-14(22)8-25-11-4-2-10(19)3-5-11/h2-7H,8H2,1H3,(H,20,22)(H,21,23). The largest absolute Gasteiger partial charge is 0.494 e. The van der Waals surface area contributed by atoms with Crippen LogP contribution in [-0.4, -0.2) is 25.5 Å². The maximum Gasteiger partial charge on any atom is 0.276 e. The average Bonchev–Trinajstić information content (AvgIpc) is 2.58. The number of methoxy groups -OCH3 is 1. The van der Waals surface area contributed by atoms with Gasteiger partial charge in [0.05, 0.1) is 17.2 Å². The van der Waals surface area contributed by atoms with E-state index < -0.39 is 17.6 Å². The molecule has 2 amide bonds. The molecule has 2 rings (SSSR count). The maximum atomic E-state index is 12.8. The molecule has 0 radical (unpaired) electrons. The van der Waals surface area contributed by atoms with Crippen molar-refractivity contribution in [3.63, 3.8) is 0 Å². The first kappa shape index (κ1) is 18.8. The normalized spacial score (nSPS) is 10.1. The summed E-state index contributed by atoms with van der Waals surface area (Å²) in [5.41, 5.74) is 4.51. The molecule has 0 unspecified atom stereocenters. The van der Waals surface area contributed by atoms with Crippen LogP contribution in [0.5, 0.6) is 11.5 Å². The Morgan fingerprint density at radius 2 is 1.68 bits per heavy atom. The number of ether oxygens (including phenoxy) is 2. The first-order valence-corrected chi connectivity index (χ1v) is 7.67. The zero-order chi connectivity index (χ0) is 18.4. The summed E-state index contributed by atoms with van der Waals surface area (Å²) in [5.74, 6) is -1.08. The van der Waals surface area contributed by atoms with Crippen LogP contribution >= 0.6 is 23.2 Å². The minimum Gasteiger partial charge on any atom is -0.494 e. The molecule has 6 nitrogen and oxygen atoms in total. The van der Waals surface area contributed by atoms with Crippen LogP contribution in [0, 0.1) is 5.82 Å². The molecule has 132 valence electrons. The van der Waals surface area contributed by atoms with Crippen molar-refractivity contribution < 1.29 is 23.5 Å². The Balaban J connectivity index is 1.87. The summed E-state index contributed by atoms with van der Waals surface area (Å²) in [5, 5.41) is 0.317. The van der Waals surface area contributed by atoms with Gasteiger partial charge in [0.1, 0.15) is 11.6 Å². The number of hydrazine groups is 1. The highest BCUT2D eigenvalue weighted by molar-refractivity contribution is 6.37. The van der Waals surface area contributed by atoms with Crippen LogP contribution in [0.3, 0.4) is 0 Å². The molecule has 0 saturated heterocycles. The van der Waals surface area contributed by atoms with Crippen molar-refractivity contribution in [1.82, 2.24) is 10.9 Å². The summed E-state index contributed by atoms with van der Waals surface area (Å²) in [7, 11) is 1.40. The molecule has 2 aromatic rings. The highest BCUT2D eigenvalue weighted by atomic mass is 35.5. The molecule has 2 aromatic carbocycles. The van der Waals surface area contributed by atoms with Crippen LogP contribution in [0.4, 0.5) is 4.39 Å². The number of benzene rings is 2. The predicted molar refractivity (Wildman–Crippen MR) is 90.5 cm³/mol. The van der Waals surface area contributed by atoms with Crippen LogP contribution in [0.15, 0.2) is 36.4 Å². The van der Waals surface area contributed by atoms with Gasteiger partial charge in [0.15, 0.2) is 12.4 Å². The van der Waals surface area contributed by atoms with Gasteiger partial charge in [-0.15, -0.1) is 0 Å². The number of carbonyl (C=O) groups excluding carboxylic acids is 2. The van der Waals surface area contributed by atoms with Crippen LogP contribution in [0.2, 0.25) is 10.0 Å². The van der Waals surface area contributed by atoms with Gasteiger partial charge in [-0.25, -0.2) is 4.39 Å². The Morgan fingerprint density at radius 3 is 2.24 bits per heavy atom. The molecule has 2 N–H and O–H groups in total. The highest BCUT2D eigenvalue weighted by Crippen LogP contribution is 2.33. The van der Waals surface area contributed by atoms with Crippen molar-refractivity contribution in [3.05, 3.63) is 57.8 Å². The minimum absolute atomic E-state index is 0.135. The smallest absolute Gasteiger partial charge is 0.276 e. The van der Waals surface area contributed by atoms with Gasteiger partial charge in [-0.1, -0.05) is 23.2 Å². The molecule has 0 aromatic heterocycles. The van der Waals surface area contributed by atoms with Crippen LogP contribution in [-0.2, 0) is 4.79 Å². The molecule has 0 aliphatic heterocycles. The molecule has 0 aliphatic rings. The molecule has 0 atom stereocenters. The van der Waals surface area contributed by atoms with Gasteiger partial charge in [0.25, 0.3) is 11.8 Å². The number of carbonyl (C=O) groups is 2. The number of hydrogen-bond acceptors (Lipinski definition) is 4. The quantitative estimate of drug-likeness (QED) is 0.774. The highest BCUT2D eigenvalue weighted by Gasteiger charge is 2.14. The fraction of sp³-hybridized carbons (Fsp3) is 0.125. The Kier molecular flexibility index (Phi) is 6.44. The van der Waals surface area contributed by atoms with Crippen LogP contribution in [0.25, 0.3) is 0 Å². The molecule has 0 heterocycles. The summed E-state index contributed by atoms with van der Waals surface area (Å²) in [6.07, 6.45) is 0. The van der Waals surface area contributed by atoms with E-state index in [1.807, 2.05) is 0 Å². The van der Waals surface area contributed by atoms with Gasteiger partial charge >= 0.3 is 0 Å². The third kappa shape index (κ3) is 5.23. The number of hydrogen-bond donors (Lipinski definition) is 2. The van der Waals surface area contributed by atoms with E-state index in [4.69, 9.17) is 32.7 Å². The van der Waals surface area contributed by atoms with Gasteiger partial charge in [-0.05, 0) is 36.4 Å². The van der Waals surface area contributed by atoms with E-state index >= 15 is 0 Å². The van der Waals surface area contributed by atoms with Gasteiger partial charge in [0, 0.05) is 5.56 Å². The summed E-state index contributed by atoms with van der Waals surface area (Å²) >= 11 is 11.9. The zero-order valence-corrected chi connectivity index (χ0v) is 14.4. The van der Waals surface area contributed by atoms with E-state index in [1.54, 1.807) is 0 Å². The molecule has 25 heavy (non-hydrogen) atoms. The lowest BCUT2D eigenvalue weighted by molar-refractivity contribution is -0.123. The van der Waals surface area contributed by atoms with Crippen molar-refractivity contribution in [2.24, 2.45) is 0 Å². The molecule has 0 saturated carbocycles. The molecule has 0 aliphatic carbocycles. The fourth-order valence-corrected chi connectivity index (χ4v) is 2.44. The number of amides is 2. The van der Waals surface area contributed by atoms with Gasteiger partial charge in [-0.2, -0.15) is 0 Å². The van der Waals surface area contributed by atoms with Gasteiger partial charge in [0.2, 0.25) is 0 Å². The SMILES string of the molecule is COc1c(Cl)cc(C(=O)NNC(=O)COc2ccc(F)cc2)cc1Cl. The number of halogens is 3. The van der Waals surface area contributed by atoms with E-state index in [0.717, 1.165) is 0 Å². The van der Waals surface area contributed by atoms with Gasteiger partial charge in [-0.3, -0.25) is 20.4 Å². The second-order valence-electron chi connectivity index (χ2n) is 4.72. The average molecular weight is 387 g/mol. The van der Waals surface area contributed by atoms with Crippen molar-refractivity contribution in [2.75, 3.05) is 13.7 Å². The molecule has 0 fully saturated rings. The Bertz CT molecular complexity index is 761. The molecule has 0 bridgehead atoms. The monoisotopic (exact) mass is 386 g/mol.